The Morgan fingerprint density at radius 3 is 2.82 bits per heavy atom. The molecule has 0 saturated carbocycles. The van der Waals surface area contributed by atoms with Crippen LogP contribution in [0.1, 0.15) is 43.2 Å². The summed E-state index contributed by atoms with van der Waals surface area (Å²) in [6.07, 6.45) is 9.58. The zero-order valence-electron chi connectivity index (χ0n) is 13.4. The first kappa shape index (κ1) is 15.3. The van der Waals surface area contributed by atoms with Crippen LogP contribution in [0, 0.1) is 0 Å². The Kier molecular flexibility index (Phi) is 5.28. The molecule has 1 aliphatic heterocycles. The zero-order valence-corrected chi connectivity index (χ0v) is 13.4. The number of quaternary nitrogens is 1. The van der Waals surface area contributed by atoms with Crippen LogP contribution in [0.4, 0.5) is 0 Å². The highest BCUT2D eigenvalue weighted by molar-refractivity contribution is 5.76. The minimum atomic E-state index is 0.200. The molecule has 0 fully saturated rings. The predicted molar refractivity (Wildman–Crippen MR) is 88.7 cm³/mol. The molecule has 1 amide bonds. The van der Waals surface area contributed by atoms with E-state index in [4.69, 9.17) is 0 Å². The fourth-order valence-electron chi connectivity index (χ4n) is 3.58. The Hall–Kier alpha value is -1.61. The number of carbonyl (C=O) groups excluding carboxylic acids is 1. The quantitative estimate of drug-likeness (QED) is 0.796. The van der Waals surface area contributed by atoms with Crippen LogP contribution in [0.2, 0.25) is 0 Å². The highest BCUT2D eigenvalue weighted by atomic mass is 16.2. The lowest BCUT2D eigenvalue weighted by molar-refractivity contribution is -0.908. The van der Waals surface area contributed by atoms with E-state index < -0.39 is 0 Å². The average molecular weight is 299 g/mol. The Bertz CT molecular complexity index is 550. The van der Waals surface area contributed by atoms with Crippen LogP contribution in [-0.2, 0) is 17.8 Å². The van der Waals surface area contributed by atoms with Crippen LogP contribution in [0.15, 0.2) is 35.9 Å². The van der Waals surface area contributed by atoms with Gasteiger partial charge in [0.1, 0.15) is 6.54 Å². The lowest BCUT2D eigenvalue weighted by Gasteiger charge is -2.25. The Morgan fingerprint density at radius 2 is 2.00 bits per heavy atom. The minimum absolute atomic E-state index is 0.200. The number of nitrogens with one attached hydrogen (secondary N) is 2. The fraction of sp³-hybridized carbons (Fsp3) is 0.526. The summed E-state index contributed by atoms with van der Waals surface area (Å²) in [5.41, 5.74) is 4.39. The third-order valence-electron chi connectivity index (χ3n) is 4.87. The van der Waals surface area contributed by atoms with E-state index in [1.54, 1.807) is 0 Å². The molecule has 0 spiro atoms. The standard InChI is InChI=1S/C19H26N2O/c22-19(20-12-10-16-6-2-1-3-7-16)15-21-13-11-17-8-4-5-9-18(17)14-21/h4-6,8-9H,1-3,7,10-15H2,(H,20,22)/p+1. The summed E-state index contributed by atoms with van der Waals surface area (Å²) in [4.78, 5) is 13.5. The van der Waals surface area contributed by atoms with Crippen molar-refractivity contribution in [1.29, 1.82) is 0 Å². The number of rotatable bonds is 5. The molecule has 0 radical (unpaired) electrons. The van der Waals surface area contributed by atoms with Crippen molar-refractivity contribution in [2.24, 2.45) is 0 Å². The molecule has 0 bridgehead atoms. The first-order valence-corrected chi connectivity index (χ1v) is 8.66. The van der Waals surface area contributed by atoms with Gasteiger partial charge in [0.05, 0.1) is 6.54 Å². The number of amides is 1. The van der Waals surface area contributed by atoms with E-state index in [1.807, 2.05) is 0 Å². The van der Waals surface area contributed by atoms with Crippen molar-refractivity contribution in [3.63, 3.8) is 0 Å². The summed E-state index contributed by atoms with van der Waals surface area (Å²) in [5.74, 6) is 0.200. The van der Waals surface area contributed by atoms with Gasteiger partial charge in [0.15, 0.2) is 6.54 Å². The van der Waals surface area contributed by atoms with Gasteiger partial charge in [-0.1, -0.05) is 35.9 Å². The lowest BCUT2D eigenvalue weighted by Crippen LogP contribution is -3.12. The molecule has 3 rings (SSSR count). The van der Waals surface area contributed by atoms with Gasteiger partial charge in [-0.2, -0.15) is 0 Å². The number of fused-ring (bicyclic) bond motifs is 1. The summed E-state index contributed by atoms with van der Waals surface area (Å²) in [5, 5.41) is 3.10. The largest absolute Gasteiger partial charge is 0.351 e. The molecular weight excluding hydrogens is 272 g/mol. The Labute approximate surface area is 133 Å². The van der Waals surface area contributed by atoms with Gasteiger partial charge in [-0.15, -0.1) is 0 Å². The van der Waals surface area contributed by atoms with Gasteiger partial charge in [-0.3, -0.25) is 4.79 Å². The first-order chi connectivity index (χ1) is 10.8. The van der Waals surface area contributed by atoms with Gasteiger partial charge in [0.2, 0.25) is 0 Å². The van der Waals surface area contributed by atoms with Crippen molar-refractivity contribution in [3.05, 3.63) is 47.0 Å². The molecule has 1 aromatic rings. The topological polar surface area (TPSA) is 33.5 Å². The van der Waals surface area contributed by atoms with Gasteiger partial charge < -0.3 is 10.2 Å². The molecule has 0 aromatic heterocycles. The number of hydrogen-bond acceptors (Lipinski definition) is 1. The Balaban J connectivity index is 1.40. The van der Waals surface area contributed by atoms with Crippen LogP contribution in [0.3, 0.4) is 0 Å². The molecule has 118 valence electrons. The smallest absolute Gasteiger partial charge is 0.275 e. The first-order valence-electron chi connectivity index (χ1n) is 8.66. The second-order valence-corrected chi connectivity index (χ2v) is 6.58. The molecule has 2 aliphatic rings. The molecule has 3 nitrogen and oxygen atoms in total. The average Bonchev–Trinajstić information content (AvgIpc) is 2.56. The molecule has 1 heterocycles. The van der Waals surface area contributed by atoms with Gasteiger partial charge in [-0.05, 0) is 37.7 Å². The Morgan fingerprint density at radius 1 is 1.14 bits per heavy atom. The van der Waals surface area contributed by atoms with Gasteiger partial charge in [0, 0.05) is 18.5 Å². The fourth-order valence-corrected chi connectivity index (χ4v) is 3.58. The van der Waals surface area contributed by atoms with Crippen LogP contribution in [-0.4, -0.2) is 25.5 Å². The van der Waals surface area contributed by atoms with Crippen LogP contribution >= 0.6 is 0 Å². The second kappa shape index (κ2) is 7.59. The minimum Gasteiger partial charge on any atom is -0.351 e. The number of hydrogen-bond donors (Lipinski definition) is 2. The van der Waals surface area contributed by atoms with E-state index in [2.05, 4.69) is 35.7 Å². The SMILES string of the molecule is O=C(C[NH+]1CCc2ccccc2C1)NCCC1=CCCCC1. The van der Waals surface area contributed by atoms with E-state index in [1.165, 1.54) is 47.3 Å². The molecular formula is C19H27N2O+. The van der Waals surface area contributed by atoms with E-state index >= 15 is 0 Å². The van der Waals surface area contributed by atoms with Crippen molar-refractivity contribution >= 4 is 5.91 Å². The third kappa shape index (κ3) is 4.20. The number of carbonyl (C=O) groups is 1. The number of benzene rings is 1. The summed E-state index contributed by atoms with van der Waals surface area (Å²) < 4.78 is 0. The van der Waals surface area contributed by atoms with Crippen molar-refractivity contribution in [3.8, 4) is 0 Å². The molecule has 2 N–H and O–H groups in total. The summed E-state index contributed by atoms with van der Waals surface area (Å²) in [6, 6.07) is 8.61. The lowest BCUT2D eigenvalue weighted by atomic mass is 9.97. The molecule has 1 aromatic carbocycles. The summed E-state index contributed by atoms with van der Waals surface area (Å²) >= 11 is 0. The van der Waals surface area contributed by atoms with Crippen molar-refractivity contribution in [1.82, 2.24) is 5.32 Å². The number of allylic oxidation sites excluding steroid dienone is 1. The maximum absolute atomic E-state index is 12.1. The monoisotopic (exact) mass is 299 g/mol. The van der Waals surface area contributed by atoms with Gasteiger partial charge in [-0.25, -0.2) is 0 Å². The van der Waals surface area contributed by atoms with Gasteiger partial charge in [0.25, 0.3) is 5.91 Å². The maximum atomic E-state index is 12.1. The third-order valence-corrected chi connectivity index (χ3v) is 4.87. The van der Waals surface area contributed by atoms with Crippen molar-refractivity contribution in [2.75, 3.05) is 19.6 Å². The van der Waals surface area contributed by atoms with Crippen molar-refractivity contribution in [2.45, 2.75) is 45.1 Å². The molecule has 1 aliphatic carbocycles. The second-order valence-electron chi connectivity index (χ2n) is 6.58. The maximum Gasteiger partial charge on any atom is 0.275 e. The predicted octanol–water partition coefficient (Wildman–Crippen LogP) is 1.63. The summed E-state index contributed by atoms with van der Waals surface area (Å²) in [7, 11) is 0. The van der Waals surface area contributed by atoms with E-state index in [0.29, 0.717) is 6.54 Å². The van der Waals surface area contributed by atoms with Crippen molar-refractivity contribution < 1.29 is 9.69 Å². The van der Waals surface area contributed by atoms with Gasteiger partial charge >= 0.3 is 0 Å². The highest BCUT2D eigenvalue weighted by Crippen LogP contribution is 2.19. The van der Waals surface area contributed by atoms with E-state index in [0.717, 1.165) is 32.5 Å². The van der Waals surface area contributed by atoms with Crippen LogP contribution < -0.4 is 10.2 Å². The molecule has 1 unspecified atom stereocenters. The molecule has 1 atom stereocenters. The normalized spacial score (nSPS) is 20.9. The molecule has 22 heavy (non-hydrogen) atoms. The van der Waals surface area contributed by atoms with Crippen LogP contribution in [0.25, 0.3) is 0 Å². The van der Waals surface area contributed by atoms with Crippen LogP contribution in [0.5, 0.6) is 0 Å². The molecule has 0 saturated heterocycles. The van der Waals surface area contributed by atoms with E-state index in [9.17, 15) is 4.79 Å². The summed E-state index contributed by atoms with van der Waals surface area (Å²) in [6.45, 7) is 3.45. The molecule has 3 heteroatoms. The highest BCUT2D eigenvalue weighted by Gasteiger charge is 2.21. The van der Waals surface area contributed by atoms with E-state index in [-0.39, 0.29) is 5.91 Å². The zero-order chi connectivity index (χ0) is 15.2.